The van der Waals surface area contributed by atoms with Gasteiger partial charge in [-0.1, -0.05) is 6.08 Å². The van der Waals surface area contributed by atoms with Crippen LogP contribution in [0.15, 0.2) is 79.4 Å². The Kier molecular flexibility index (Phi) is 9.12. The topological polar surface area (TPSA) is 49.4 Å². The van der Waals surface area contributed by atoms with Crippen LogP contribution in [0.3, 0.4) is 0 Å². The first-order chi connectivity index (χ1) is 22.7. The Morgan fingerprint density at radius 2 is 1.69 bits per heavy atom. The number of nitrogens with one attached hydrogen (secondary N) is 2. The second-order valence-corrected chi connectivity index (χ2v) is 12.5. The van der Waals surface area contributed by atoms with E-state index in [-0.39, 0.29) is 23.1 Å². The van der Waals surface area contributed by atoms with E-state index in [0.29, 0.717) is 46.0 Å². The van der Waals surface area contributed by atoms with Gasteiger partial charge in [0, 0.05) is 29.2 Å². The van der Waals surface area contributed by atoms with Gasteiger partial charge >= 0.3 is 12.4 Å². The monoisotopic (exact) mass is 688 g/mol. The fourth-order valence-electron chi connectivity index (χ4n) is 6.82. The quantitative estimate of drug-likeness (QED) is 0.115. The van der Waals surface area contributed by atoms with E-state index in [1.54, 1.807) is 24.3 Å². The van der Waals surface area contributed by atoms with Crippen molar-refractivity contribution >= 4 is 33.9 Å². The summed E-state index contributed by atoms with van der Waals surface area (Å²) in [4.78, 5) is 7.14. The zero-order chi connectivity index (χ0) is 34.4. The third kappa shape index (κ3) is 6.98. The van der Waals surface area contributed by atoms with Crippen molar-refractivity contribution in [2.45, 2.75) is 37.3 Å². The Hall–Kier alpha value is -4.23. The number of halogens is 7. The van der Waals surface area contributed by atoms with Gasteiger partial charge < -0.3 is 15.4 Å². The molecule has 0 amide bonds. The molecule has 0 radical (unpaired) electrons. The largest absolute Gasteiger partial charge is 0.497 e. The van der Waals surface area contributed by atoms with Gasteiger partial charge in [-0.15, -0.1) is 6.58 Å². The highest BCUT2D eigenvalue weighted by molar-refractivity contribution is 7.80. The number of aromatic nitrogens is 1. The molecule has 0 aliphatic carbocycles. The highest BCUT2D eigenvalue weighted by atomic mass is 32.1. The number of anilines is 1. The van der Waals surface area contributed by atoms with Crippen LogP contribution in [-0.4, -0.2) is 41.2 Å². The van der Waals surface area contributed by atoms with Crippen LogP contribution >= 0.6 is 12.2 Å². The van der Waals surface area contributed by atoms with Crippen LogP contribution in [0.25, 0.3) is 22.2 Å². The van der Waals surface area contributed by atoms with Gasteiger partial charge in [0.05, 0.1) is 35.5 Å². The number of benzene rings is 3. The molecule has 1 aromatic heterocycles. The number of rotatable bonds is 7. The van der Waals surface area contributed by atoms with E-state index in [9.17, 15) is 30.7 Å². The molecule has 2 N–H and O–H groups in total. The van der Waals surface area contributed by atoms with Gasteiger partial charge in [-0.25, -0.2) is 9.37 Å². The van der Waals surface area contributed by atoms with E-state index in [4.69, 9.17) is 21.9 Å². The summed E-state index contributed by atoms with van der Waals surface area (Å²) < 4.78 is 101. The van der Waals surface area contributed by atoms with Crippen LogP contribution < -0.4 is 15.4 Å². The number of piperidine rings is 3. The van der Waals surface area contributed by atoms with Crippen molar-refractivity contribution in [3.05, 3.63) is 102 Å². The lowest BCUT2D eigenvalue weighted by atomic mass is 9.73. The zero-order valence-electron chi connectivity index (χ0n) is 25.6. The second-order valence-electron chi connectivity index (χ2n) is 12.1. The maximum absolute atomic E-state index is 13.8. The fraction of sp³-hybridized carbons (Fsp3) is 0.314. The van der Waals surface area contributed by atoms with Crippen LogP contribution in [0.5, 0.6) is 5.75 Å². The lowest BCUT2D eigenvalue weighted by molar-refractivity contribution is -0.143. The number of pyridine rings is 1. The second kappa shape index (κ2) is 13.0. The van der Waals surface area contributed by atoms with Gasteiger partial charge in [0.2, 0.25) is 0 Å². The number of methoxy groups -OCH3 is 1. The lowest BCUT2D eigenvalue weighted by Crippen LogP contribution is -2.57. The van der Waals surface area contributed by atoms with Crippen molar-refractivity contribution in [3.63, 3.8) is 0 Å². The molecule has 252 valence electrons. The molecule has 3 aliphatic heterocycles. The third-order valence-electron chi connectivity index (χ3n) is 9.19. The van der Waals surface area contributed by atoms with E-state index in [1.807, 2.05) is 18.2 Å². The zero-order valence-corrected chi connectivity index (χ0v) is 26.4. The van der Waals surface area contributed by atoms with Crippen LogP contribution in [0, 0.1) is 17.7 Å². The van der Waals surface area contributed by atoms with E-state index in [2.05, 4.69) is 22.1 Å². The van der Waals surface area contributed by atoms with Gasteiger partial charge in [0.25, 0.3) is 0 Å². The van der Waals surface area contributed by atoms with Crippen LogP contribution in [0.1, 0.15) is 35.6 Å². The first-order valence-electron chi connectivity index (χ1n) is 15.2. The minimum Gasteiger partial charge on any atom is -0.497 e. The number of fused-ring (bicyclic) bond motifs is 4. The van der Waals surface area contributed by atoms with Gasteiger partial charge in [-0.05, 0) is 116 Å². The predicted molar refractivity (Wildman–Crippen MR) is 174 cm³/mol. The summed E-state index contributed by atoms with van der Waals surface area (Å²) in [6, 6.07) is 13.6. The first kappa shape index (κ1) is 33.7. The molecule has 13 heteroatoms. The SMILES string of the molecule is C=C[C@@H]1CN2CC[C@H]1C[C@H]2[C@H](NC(=S)Nc1cc(C(F)(F)F)cc(C(F)(F)F)c1)c1cc(-c2ccc(F)cc2)nc2ccc(OC)cc12. The summed E-state index contributed by atoms with van der Waals surface area (Å²) in [5.74, 6) is 0.739. The van der Waals surface area contributed by atoms with Crippen molar-refractivity contribution in [1.82, 2.24) is 15.2 Å². The Balaban J connectivity index is 1.45. The summed E-state index contributed by atoms with van der Waals surface area (Å²) in [7, 11) is 1.53. The Morgan fingerprint density at radius 1 is 1.00 bits per heavy atom. The van der Waals surface area contributed by atoms with E-state index in [1.165, 1.54) is 19.2 Å². The third-order valence-corrected chi connectivity index (χ3v) is 9.41. The van der Waals surface area contributed by atoms with Gasteiger partial charge in [0.1, 0.15) is 11.6 Å². The summed E-state index contributed by atoms with van der Waals surface area (Å²) in [5, 5.41) is 6.41. The molecule has 0 spiro atoms. The summed E-state index contributed by atoms with van der Waals surface area (Å²) in [6.45, 7) is 5.53. The first-order valence-corrected chi connectivity index (χ1v) is 15.6. The number of alkyl halides is 6. The van der Waals surface area contributed by atoms with Crippen LogP contribution in [0.4, 0.5) is 36.4 Å². The Bertz CT molecular complexity index is 1810. The summed E-state index contributed by atoms with van der Waals surface area (Å²) >= 11 is 5.60. The fourth-order valence-corrected chi connectivity index (χ4v) is 7.07. The molecule has 4 aromatic rings. The number of ether oxygens (including phenoxy) is 1. The number of thiocarbonyl (C=S) groups is 1. The van der Waals surface area contributed by atoms with Gasteiger partial charge in [-0.3, -0.25) is 4.90 Å². The number of hydrogen-bond donors (Lipinski definition) is 2. The minimum atomic E-state index is -5.02. The van der Waals surface area contributed by atoms with E-state index < -0.39 is 41.0 Å². The van der Waals surface area contributed by atoms with Crippen LogP contribution in [0.2, 0.25) is 0 Å². The van der Waals surface area contributed by atoms with Gasteiger partial charge in [0.15, 0.2) is 5.11 Å². The normalized spacial score (nSPS) is 21.5. The van der Waals surface area contributed by atoms with Crippen molar-refractivity contribution in [2.75, 3.05) is 25.5 Å². The van der Waals surface area contributed by atoms with Gasteiger partial charge in [-0.2, -0.15) is 26.3 Å². The Morgan fingerprint density at radius 3 is 2.27 bits per heavy atom. The van der Waals surface area contributed by atoms with Crippen molar-refractivity contribution in [2.24, 2.45) is 11.8 Å². The molecular weight excluding hydrogens is 657 g/mol. The van der Waals surface area contributed by atoms with Crippen molar-refractivity contribution in [3.8, 4) is 17.0 Å². The molecule has 3 aliphatic rings. The smallest absolute Gasteiger partial charge is 0.416 e. The maximum atomic E-state index is 13.8. The predicted octanol–water partition coefficient (Wildman–Crippen LogP) is 9.01. The molecule has 5 atom stereocenters. The number of hydrogen-bond acceptors (Lipinski definition) is 4. The van der Waals surface area contributed by atoms with Crippen molar-refractivity contribution < 1.29 is 35.5 Å². The van der Waals surface area contributed by atoms with Crippen LogP contribution in [-0.2, 0) is 12.4 Å². The summed E-state index contributed by atoms with van der Waals surface area (Å²) in [5.41, 5.74) is -0.848. The Labute approximate surface area is 277 Å². The maximum Gasteiger partial charge on any atom is 0.416 e. The molecule has 3 aromatic carbocycles. The molecule has 3 saturated heterocycles. The highest BCUT2D eigenvalue weighted by Gasteiger charge is 2.43. The molecule has 48 heavy (non-hydrogen) atoms. The lowest BCUT2D eigenvalue weighted by Gasteiger charge is -2.52. The molecule has 3 fully saturated rings. The minimum absolute atomic E-state index is 0.0694. The molecule has 5 nitrogen and oxygen atoms in total. The standard InChI is InChI=1S/C35H31F7N4OS/c1-3-19-18-46-11-10-21(19)12-31(46)32(45-33(48)43-25-14-22(34(37,38)39)13-23(15-25)35(40,41)42)28-17-30(20-4-6-24(36)7-5-20)44-29-9-8-26(47-2)16-27(28)29/h3-9,13-17,19,21,31-32H,1,10-12,18H2,2H3,(H2,43,45,48)/t19-,21+,31+,32-/m1/s1. The molecule has 7 rings (SSSR count). The average Bonchev–Trinajstić information content (AvgIpc) is 3.06. The molecule has 2 bridgehead atoms. The molecule has 1 unspecified atom stereocenters. The average molecular weight is 689 g/mol. The molecule has 4 heterocycles. The van der Waals surface area contributed by atoms with E-state index in [0.717, 1.165) is 31.5 Å². The van der Waals surface area contributed by atoms with Crippen molar-refractivity contribution in [1.29, 1.82) is 0 Å². The number of nitrogens with zero attached hydrogens (tertiary/aromatic N) is 2. The highest BCUT2D eigenvalue weighted by Crippen LogP contribution is 2.44. The van der Waals surface area contributed by atoms with E-state index >= 15 is 0 Å². The summed E-state index contributed by atoms with van der Waals surface area (Å²) in [6.07, 6.45) is -6.39. The molecule has 0 saturated carbocycles. The molecular formula is C35H31F7N4OS.